The number of nitrogens with one attached hydrogen (secondary N) is 1. The van der Waals surface area contributed by atoms with E-state index in [0.29, 0.717) is 5.56 Å². The summed E-state index contributed by atoms with van der Waals surface area (Å²) in [5.74, 6) is -2.56. The number of amides is 1. The Kier molecular flexibility index (Phi) is 7.10. The zero-order valence-electron chi connectivity index (χ0n) is 17.3. The van der Waals surface area contributed by atoms with Gasteiger partial charge in [0.1, 0.15) is 17.5 Å². The van der Waals surface area contributed by atoms with E-state index in [9.17, 15) is 18.8 Å². The van der Waals surface area contributed by atoms with E-state index in [4.69, 9.17) is 14.2 Å². The van der Waals surface area contributed by atoms with Crippen molar-refractivity contribution in [2.24, 2.45) is 0 Å². The molecular weight excluding hydrogens is 395 g/mol. The van der Waals surface area contributed by atoms with Crippen LogP contribution >= 0.6 is 0 Å². The van der Waals surface area contributed by atoms with Crippen LogP contribution in [0.4, 0.5) is 4.39 Å². The van der Waals surface area contributed by atoms with Crippen molar-refractivity contribution in [3.63, 3.8) is 0 Å². The number of methoxy groups -OCH3 is 1. The Bertz CT molecular complexity index is 943. The molecule has 8 nitrogen and oxygen atoms in total. The molecule has 2 rings (SSSR count). The van der Waals surface area contributed by atoms with Gasteiger partial charge < -0.3 is 19.5 Å². The van der Waals surface area contributed by atoms with Crippen LogP contribution in [0.15, 0.2) is 36.5 Å². The Hall–Kier alpha value is -3.49. The number of ether oxygens (including phenoxy) is 3. The largest absolute Gasteiger partial charge is 0.493 e. The Balaban J connectivity index is 2.14. The molecule has 2 aromatic rings. The fourth-order valence-electron chi connectivity index (χ4n) is 2.57. The van der Waals surface area contributed by atoms with Crippen LogP contribution in [0.25, 0.3) is 0 Å². The molecular formula is C21H23FN2O6. The monoisotopic (exact) mass is 418 g/mol. The second-order valence-corrected chi connectivity index (χ2v) is 6.92. The van der Waals surface area contributed by atoms with E-state index < -0.39 is 35.3 Å². The lowest BCUT2D eigenvalue weighted by molar-refractivity contribution is -0.159. The summed E-state index contributed by atoms with van der Waals surface area (Å²) in [5.41, 5.74) is -0.690. The summed E-state index contributed by atoms with van der Waals surface area (Å²) in [7, 11) is 1.35. The van der Waals surface area contributed by atoms with Gasteiger partial charge in [0.15, 0.2) is 11.4 Å². The number of hydrogen-bond donors (Lipinski definition) is 1. The number of nitrogens with zero attached hydrogens (tertiary/aromatic N) is 1. The quantitative estimate of drug-likeness (QED) is 0.690. The third-order valence-electron chi connectivity index (χ3n) is 4.15. The molecule has 1 aromatic carbocycles. The molecule has 0 spiro atoms. The highest BCUT2D eigenvalue weighted by molar-refractivity contribution is 5.98. The Morgan fingerprint density at radius 1 is 1.13 bits per heavy atom. The van der Waals surface area contributed by atoms with Crippen molar-refractivity contribution in [2.45, 2.75) is 39.3 Å². The Morgan fingerprint density at radius 2 is 1.77 bits per heavy atom. The number of pyridine rings is 1. The molecule has 1 unspecified atom stereocenters. The Labute approximate surface area is 173 Å². The SMILES string of the molecule is COc1ccnc(C(=O)NC(C)C(=O)OC(C)(C)c2ccc(F)cc2)c1OC(C)=O. The lowest BCUT2D eigenvalue weighted by atomic mass is 9.98. The maximum Gasteiger partial charge on any atom is 0.329 e. The third kappa shape index (κ3) is 5.53. The smallest absolute Gasteiger partial charge is 0.329 e. The highest BCUT2D eigenvalue weighted by Crippen LogP contribution is 2.30. The number of benzene rings is 1. The van der Waals surface area contributed by atoms with Crippen molar-refractivity contribution in [1.82, 2.24) is 10.3 Å². The van der Waals surface area contributed by atoms with Gasteiger partial charge in [-0.25, -0.2) is 14.2 Å². The van der Waals surface area contributed by atoms with E-state index in [2.05, 4.69) is 10.3 Å². The predicted octanol–water partition coefficient (Wildman–Crippen LogP) is 2.75. The summed E-state index contributed by atoms with van der Waals surface area (Å²) in [6.07, 6.45) is 1.31. The first-order valence-corrected chi connectivity index (χ1v) is 9.06. The zero-order valence-corrected chi connectivity index (χ0v) is 17.3. The number of carbonyl (C=O) groups excluding carboxylic acids is 3. The molecule has 1 aromatic heterocycles. The molecule has 30 heavy (non-hydrogen) atoms. The van der Waals surface area contributed by atoms with Gasteiger partial charge in [-0.1, -0.05) is 12.1 Å². The maximum absolute atomic E-state index is 13.1. The normalized spacial score (nSPS) is 11.9. The highest BCUT2D eigenvalue weighted by atomic mass is 19.1. The van der Waals surface area contributed by atoms with Crippen LogP contribution in [-0.2, 0) is 19.9 Å². The molecule has 1 amide bonds. The molecule has 160 valence electrons. The van der Waals surface area contributed by atoms with Gasteiger partial charge in [-0.15, -0.1) is 0 Å². The van der Waals surface area contributed by atoms with Gasteiger partial charge in [0.2, 0.25) is 5.75 Å². The van der Waals surface area contributed by atoms with Crippen molar-refractivity contribution in [3.8, 4) is 11.5 Å². The molecule has 1 N–H and O–H groups in total. The average molecular weight is 418 g/mol. The maximum atomic E-state index is 13.1. The molecule has 0 saturated carbocycles. The first-order chi connectivity index (χ1) is 14.0. The minimum atomic E-state index is -1.05. The van der Waals surface area contributed by atoms with Gasteiger partial charge in [-0.3, -0.25) is 9.59 Å². The standard InChI is InChI=1S/C21H23FN2O6/c1-12(20(27)30-21(3,4)14-6-8-15(22)9-7-14)24-19(26)17-18(29-13(2)25)16(28-5)10-11-23-17/h6-12H,1-5H3,(H,24,26). The number of halogens is 1. The molecule has 0 aliphatic heterocycles. The molecule has 1 heterocycles. The number of carbonyl (C=O) groups is 3. The summed E-state index contributed by atoms with van der Waals surface area (Å²) >= 11 is 0. The minimum absolute atomic E-state index is 0.137. The van der Waals surface area contributed by atoms with Gasteiger partial charge in [0.25, 0.3) is 5.91 Å². The van der Waals surface area contributed by atoms with Gasteiger partial charge in [-0.05, 0) is 38.5 Å². The van der Waals surface area contributed by atoms with Crippen LogP contribution in [0.5, 0.6) is 11.5 Å². The van der Waals surface area contributed by atoms with E-state index in [1.165, 1.54) is 57.5 Å². The first-order valence-electron chi connectivity index (χ1n) is 9.06. The molecule has 1 atom stereocenters. The van der Waals surface area contributed by atoms with Crippen LogP contribution in [-0.4, -0.2) is 36.0 Å². The molecule has 0 fully saturated rings. The fraction of sp³-hybridized carbons (Fsp3) is 0.333. The number of aromatic nitrogens is 1. The van der Waals surface area contributed by atoms with E-state index in [1.807, 2.05) is 0 Å². The van der Waals surface area contributed by atoms with Gasteiger partial charge >= 0.3 is 11.9 Å². The van der Waals surface area contributed by atoms with E-state index in [1.54, 1.807) is 13.8 Å². The summed E-state index contributed by atoms with van der Waals surface area (Å²) in [5, 5.41) is 2.46. The summed E-state index contributed by atoms with van der Waals surface area (Å²) in [6.45, 7) is 5.91. The van der Waals surface area contributed by atoms with Crippen LogP contribution < -0.4 is 14.8 Å². The molecule has 0 bridgehead atoms. The zero-order chi connectivity index (χ0) is 22.5. The van der Waals surface area contributed by atoms with Crippen molar-refractivity contribution in [1.29, 1.82) is 0 Å². The Morgan fingerprint density at radius 3 is 2.33 bits per heavy atom. The summed E-state index contributed by atoms with van der Waals surface area (Å²) < 4.78 is 28.8. The fourth-order valence-corrected chi connectivity index (χ4v) is 2.57. The topological polar surface area (TPSA) is 104 Å². The lowest BCUT2D eigenvalue weighted by Gasteiger charge is -2.27. The number of hydrogen-bond acceptors (Lipinski definition) is 7. The second kappa shape index (κ2) is 9.34. The van der Waals surface area contributed by atoms with Crippen molar-refractivity contribution in [3.05, 3.63) is 53.6 Å². The molecule has 0 aliphatic rings. The van der Waals surface area contributed by atoms with Crippen molar-refractivity contribution in [2.75, 3.05) is 7.11 Å². The van der Waals surface area contributed by atoms with E-state index >= 15 is 0 Å². The van der Waals surface area contributed by atoms with Crippen LogP contribution in [0.2, 0.25) is 0 Å². The van der Waals surface area contributed by atoms with E-state index in [0.717, 1.165) is 0 Å². The minimum Gasteiger partial charge on any atom is -0.493 e. The predicted molar refractivity (Wildman–Crippen MR) is 105 cm³/mol. The van der Waals surface area contributed by atoms with Crippen LogP contribution in [0.3, 0.4) is 0 Å². The molecule has 0 radical (unpaired) electrons. The summed E-state index contributed by atoms with van der Waals surface area (Å²) in [4.78, 5) is 40.4. The van der Waals surface area contributed by atoms with Crippen molar-refractivity contribution < 1.29 is 33.0 Å². The van der Waals surface area contributed by atoms with Gasteiger partial charge in [0.05, 0.1) is 7.11 Å². The lowest BCUT2D eigenvalue weighted by Crippen LogP contribution is -2.42. The number of esters is 2. The van der Waals surface area contributed by atoms with Crippen LogP contribution in [0.1, 0.15) is 43.7 Å². The summed E-state index contributed by atoms with van der Waals surface area (Å²) in [6, 6.07) is 5.94. The molecule has 9 heteroatoms. The van der Waals surface area contributed by atoms with Crippen molar-refractivity contribution >= 4 is 17.8 Å². The third-order valence-corrected chi connectivity index (χ3v) is 4.15. The van der Waals surface area contributed by atoms with Gasteiger partial charge in [0, 0.05) is 19.2 Å². The van der Waals surface area contributed by atoms with Gasteiger partial charge in [-0.2, -0.15) is 0 Å². The first kappa shape index (κ1) is 22.8. The van der Waals surface area contributed by atoms with Crippen LogP contribution in [0, 0.1) is 5.82 Å². The number of rotatable bonds is 7. The molecule has 0 saturated heterocycles. The molecule has 0 aliphatic carbocycles. The average Bonchev–Trinajstić information content (AvgIpc) is 2.67. The van der Waals surface area contributed by atoms with E-state index in [-0.39, 0.29) is 17.2 Å². The second-order valence-electron chi connectivity index (χ2n) is 6.92. The highest BCUT2D eigenvalue weighted by Gasteiger charge is 2.30.